The smallest absolute Gasteiger partial charge is 0.403 e. The van der Waals surface area contributed by atoms with Crippen LogP contribution in [0.5, 0.6) is 5.75 Å². The van der Waals surface area contributed by atoms with Crippen LogP contribution in [0.2, 0.25) is 0 Å². The molecule has 0 saturated heterocycles. The third-order valence-electron chi connectivity index (χ3n) is 3.37. The Morgan fingerprint density at radius 2 is 1.11 bits per heavy atom. The summed E-state index contributed by atoms with van der Waals surface area (Å²) in [7, 11) is -13.2. The van der Waals surface area contributed by atoms with Gasteiger partial charge in [0.05, 0.1) is 39.6 Å². The normalized spacial score (nSPS) is 15.2. The molecular formula is C18H33O16P3. The van der Waals surface area contributed by atoms with Gasteiger partial charge < -0.3 is 9.42 Å². The average Bonchev–Trinajstić information content (AvgIpc) is 2.84. The first-order valence-corrected chi connectivity index (χ1v) is 15.6. The maximum absolute atomic E-state index is 12.3. The molecule has 216 valence electrons. The number of hydrogen-bond acceptors (Lipinski definition) is 14. The summed E-state index contributed by atoms with van der Waals surface area (Å²) >= 11 is 0. The van der Waals surface area contributed by atoms with Gasteiger partial charge in [-0.1, -0.05) is 32.0 Å². The highest BCUT2D eigenvalue weighted by Crippen LogP contribution is 2.50. The van der Waals surface area contributed by atoms with Gasteiger partial charge in [0.1, 0.15) is 5.75 Å². The van der Waals surface area contributed by atoms with E-state index in [0.29, 0.717) is 12.8 Å². The fourth-order valence-corrected chi connectivity index (χ4v) is 3.98. The monoisotopic (exact) mass is 598 g/mol. The first kappa shape index (κ1) is 34.3. The van der Waals surface area contributed by atoms with Gasteiger partial charge in [-0.15, -0.1) is 18.7 Å². The zero-order chi connectivity index (χ0) is 27.5. The fraction of sp³-hybridized carbons (Fsp3) is 0.667. The van der Waals surface area contributed by atoms with Gasteiger partial charge in [-0.2, -0.15) is 0 Å². The third-order valence-corrected chi connectivity index (χ3v) is 5.98. The van der Waals surface area contributed by atoms with Crippen LogP contribution < -0.4 is 4.52 Å². The van der Waals surface area contributed by atoms with E-state index in [2.05, 4.69) is 33.0 Å². The molecule has 1 rings (SSSR count). The van der Waals surface area contributed by atoms with Crippen LogP contribution in [0.4, 0.5) is 0 Å². The Bertz CT molecular complexity index is 843. The lowest BCUT2D eigenvalue weighted by Gasteiger charge is -2.15. The van der Waals surface area contributed by atoms with E-state index in [1.54, 1.807) is 18.2 Å². The predicted molar refractivity (Wildman–Crippen MR) is 124 cm³/mol. The van der Waals surface area contributed by atoms with E-state index >= 15 is 0 Å². The highest BCUT2D eigenvalue weighted by Gasteiger charge is 2.30. The minimum atomic E-state index is -4.57. The van der Waals surface area contributed by atoms with Crippen LogP contribution in [0.3, 0.4) is 0 Å². The topological polar surface area (TPSA) is 193 Å². The number of phosphoric ester groups is 2. The van der Waals surface area contributed by atoms with Crippen molar-refractivity contribution in [3.8, 4) is 5.75 Å². The molecule has 0 aliphatic heterocycles. The zero-order valence-corrected chi connectivity index (χ0v) is 23.1. The Labute approximate surface area is 214 Å². The summed E-state index contributed by atoms with van der Waals surface area (Å²) in [6, 6.07) is 7.78. The minimum absolute atomic E-state index is 0.0113. The summed E-state index contributed by atoms with van der Waals surface area (Å²) in [4.78, 5) is 37.7. The maximum atomic E-state index is 12.3. The Balaban J connectivity index is 2.16. The summed E-state index contributed by atoms with van der Waals surface area (Å²) in [6.45, 7) is 2.85. The molecule has 1 aromatic carbocycles. The summed E-state index contributed by atoms with van der Waals surface area (Å²) in [5, 5.41) is 0. The van der Waals surface area contributed by atoms with Crippen molar-refractivity contribution in [2.24, 2.45) is 0 Å². The highest BCUT2D eigenvalue weighted by molar-refractivity contribution is 7.48. The molecule has 19 heteroatoms. The van der Waals surface area contributed by atoms with Crippen LogP contribution in [0.15, 0.2) is 30.3 Å². The Morgan fingerprint density at radius 1 is 0.622 bits per heavy atom. The molecule has 0 saturated carbocycles. The van der Waals surface area contributed by atoms with E-state index in [4.69, 9.17) is 18.8 Å². The molecule has 2 N–H and O–H groups in total. The summed E-state index contributed by atoms with van der Waals surface area (Å²) in [5.74, 6) is 0.0999. The summed E-state index contributed by atoms with van der Waals surface area (Å²) < 4.78 is 68.2. The fourth-order valence-electron chi connectivity index (χ4n) is 1.88. The number of benzene rings is 1. The predicted octanol–water partition coefficient (Wildman–Crippen LogP) is 4.80. The van der Waals surface area contributed by atoms with E-state index in [-0.39, 0.29) is 58.2 Å². The van der Waals surface area contributed by atoms with Crippen LogP contribution >= 0.6 is 23.5 Å². The highest BCUT2D eigenvalue weighted by atomic mass is 31.2. The van der Waals surface area contributed by atoms with E-state index in [0.717, 1.165) is 0 Å². The van der Waals surface area contributed by atoms with Crippen molar-refractivity contribution in [2.45, 2.75) is 39.5 Å². The molecule has 0 radical (unpaired) electrons. The molecule has 2 unspecified atom stereocenters. The quantitative estimate of drug-likeness (QED) is 0.0712. The van der Waals surface area contributed by atoms with Crippen molar-refractivity contribution in [1.82, 2.24) is 0 Å². The average molecular weight is 598 g/mol. The maximum Gasteiger partial charge on any atom is 0.555 e. The molecule has 2 atom stereocenters. The van der Waals surface area contributed by atoms with Crippen LogP contribution in [0.25, 0.3) is 0 Å². The lowest BCUT2D eigenvalue weighted by molar-refractivity contribution is -0.282. The third kappa shape index (κ3) is 18.2. The SMILES string of the molecule is CCCOOP(=O)(OCCCOOP(=O)(O)OCCCOOP(=O)(O)Oc1ccccc1)OOCCC. The Kier molecular flexibility index (Phi) is 17.9. The second-order valence-corrected chi connectivity index (χ2v) is 10.8. The lowest BCUT2D eigenvalue weighted by Crippen LogP contribution is -2.07. The van der Waals surface area contributed by atoms with Crippen molar-refractivity contribution in [3.63, 3.8) is 0 Å². The van der Waals surface area contributed by atoms with E-state index in [1.165, 1.54) is 12.1 Å². The lowest BCUT2D eigenvalue weighted by atomic mass is 10.3. The molecule has 0 fully saturated rings. The van der Waals surface area contributed by atoms with E-state index in [1.807, 2.05) is 13.8 Å². The minimum Gasteiger partial charge on any atom is -0.403 e. The first-order chi connectivity index (χ1) is 17.6. The number of phosphoric acid groups is 3. The molecule has 0 amide bonds. The number of hydrogen-bond donors (Lipinski definition) is 2. The van der Waals surface area contributed by atoms with Crippen LogP contribution in [0.1, 0.15) is 39.5 Å². The molecule has 0 aliphatic rings. The molecule has 0 spiro atoms. The van der Waals surface area contributed by atoms with Crippen molar-refractivity contribution in [1.29, 1.82) is 0 Å². The summed E-state index contributed by atoms with van der Waals surface area (Å²) in [5.41, 5.74) is 0. The van der Waals surface area contributed by atoms with Gasteiger partial charge in [-0.25, -0.2) is 33.2 Å². The largest absolute Gasteiger partial charge is 0.555 e. The van der Waals surface area contributed by atoms with Crippen molar-refractivity contribution in [2.75, 3.05) is 39.6 Å². The molecule has 0 heterocycles. The molecule has 0 aromatic heterocycles. The molecule has 0 aliphatic carbocycles. The van der Waals surface area contributed by atoms with Crippen LogP contribution in [-0.4, -0.2) is 49.4 Å². The van der Waals surface area contributed by atoms with Gasteiger partial charge in [0.25, 0.3) is 0 Å². The van der Waals surface area contributed by atoms with Gasteiger partial charge in [-0.05, 0) is 37.8 Å². The van der Waals surface area contributed by atoms with Crippen LogP contribution in [0, 0.1) is 0 Å². The van der Waals surface area contributed by atoms with E-state index < -0.39 is 23.5 Å². The first-order valence-electron chi connectivity index (χ1n) is 11.2. The van der Waals surface area contributed by atoms with Crippen molar-refractivity contribution in [3.05, 3.63) is 30.3 Å². The van der Waals surface area contributed by atoms with Crippen molar-refractivity contribution < 1.29 is 75.3 Å². The molecular weight excluding hydrogens is 565 g/mol. The molecule has 1 aromatic rings. The second kappa shape index (κ2) is 19.3. The number of para-hydroxylation sites is 1. The zero-order valence-electron chi connectivity index (χ0n) is 20.4. The molecule has 0 bridgehead atoms. The van der Waals surface area contributed by atoms with Gasteiger partial charge >= 0.3 is 23.5 Å². The van der Waals surface area contributed by atoms with Crippen molar-refractivity contribution >= 4 is 23.5 Å². The van der Waals surface area contributed by atoms with Crippen LogP contribution in [-0.2, 0) is 61.0 Å². The van der Waals surface area contributed by atoms with Gasteiger partial charge in [0.15, 0.2) is 0 Å². The van der Waals surface area contributed by atoms with Gasteiger partial charge in [-0.3, -0.25) is 13.9 Å². The second-order valence-electron chi connectivity index (χ2n) is 6.75. The van der Waals surface area contributed by atoms with Gasteiger partial charge in [0.2, 0.25) is 0 Å². The standard InChI is InChI=1S/C18H33O16P3/c1-3-12-24-33-37(23,34-25-13-4-2)29-17-9-15-26-31-35(19,20)28-16-8-14-27-32-36(21,22)30-18-10-6-5-7-11-18/h5-7,10-11H,3-4,8-9,12-17H2,1-2H3,(H,19,20)(H,21,22). The van der Waals surface area contributed by atoms with E-state index in [9.17, 15) is 23.5 Å². The summed E-state index contributed by atoms with van der Waals surface area (Å²) in [6.07, 6.45) is 1.23. The molecule has 37 heavy (non-hydrogen) atoms. The Morgan fingerprint density at radius 3 is 1.65 bits per heavy atom. The Hall–Kier alpha value is -0.770. The molecule has 16 nitrogen and oxygen atoms in total. The number of rotatable bonds is 24. The van der Waals surface area contributed by atoms with Gasteiger partial charge in [0, 0.05) is 0 Å².